The predicted octanol–water partition coefficient (Wildman–Crippen LogP) is -1.42. The van der Waals surface area contributed by atoms with Gasteiger partial charge >= 0.3 is 17.9 Å². The molecule has 0 spiro atoms. The number of ketones is 1. The fourth-order valence-electron chi connectivity index (χ4n) is 6.84. The van der Waals surface area contributed by atoms with Crippen molar-refractivity contribution >= 4 is 70.9 Å². The second kappa shape index (κ2) is 26.1. The van der Waals surface area contributed by atoms with Crippen molar-refractivity contribution in [3.05, 3.63) is 35.6 Å². The summed E-state index contributed by atoms with van der Waals surface area (Å²) in [5, 5.41) is 44.2. The molecule has 1 aromatic rings. The zero-order valence-electron chi connectivity index (χ0n) is 37.4. The maximum Gasteiger partial charge on any atom is 0.322 e. The lowest BCUT2D eigenvalue weighted by molar-refractivity contribution is -0.145. The molecule has 10 N–H and O–H groups in total. The van der Waals surface area contributed by atoms with Crippen LogP contribution in [-0.2, 0) is 52.7 Å². The van der Waals surface area contributed by atoms with Crippen molar-refractivity contribution in [2.24, 2.45) is 11.8 Å². The van der Waals surface area contributed by atoms with Crippen LogP contribution in [0.15, 0.2) is 24.3 Å². The Morgan fingerprint density at radius 2 is 1.21 bits per heavy atom. The molecule has 1 fully saturated rings. The third kappa shape index (κ3) is 17.5. The molecule has 0 aliphatic carbocycles. The first-order valence-electron chi connectivity index (χ1n) is 21.2. The largest absolute Gasteiger partial charge is 0.481 e. The van der Waals surface area contributed by atoms with E-state index in [0.717, 1.165) is 24.0 Å². The topological polar surface area (TPSA) is 353 Å². The molecule has 1 saturated heterocycles. The zero-order valence-corrected chi connectivity index (χ0v) is 37.4. The first-order valence-corrected chi connectivity index (χ1v) is 21.2. The molecule has 0 radical (unpaired) electrons. The van der Waals surface area contributed by atoms with Gasteiger partial charge in [0.1, 0.15) is 42.6 Å². The summed E-state index contributed by atoms with van der Waals surface area (Å²) in [5.41, 5.74) is 0.0488. The van der Waals surface area contributed by atoms with Crippen molar-refractivity contribution in [1.82, 2.24) is 42.1 Å². The summed E-state index contributed by atoms with van der Waals surface area (Å²) in [6, 6.07) is -5.19. The Bertz CT molecular complexity index is 2000. The van der Waals surface area contributed by atoms with Gasteiger partial charge in [-0.05, 0) is 61.8 Å². The van der Waals surface area contributed by atoms with Gasteiger partial charge < -0.3 is 57.4 Å². The van der Waals surface area contributed by atoms with Crippen LogP contribution in [0.1, 0.15) is 96.8 Å². The first kappa shape index (κ1) is 55.1. The minimum atomic E-state index is -1.61. The van der Waals surface area contributed by atoms with E-state index in [9.17, 15) is 67.0 Å². The van der Waals surface area contributed by atoms with Crippen LogP contribution in [0, 0.1) is 17.7 Å². The SMILES string of the molecule is CCC[C@H](NC(=O)[C@@H]1C[C@@H](NC(=O)c2ccc(F)cc2)CN1C(=O)[C@@H](NC(=O)[C@@H](NC(=O)[C@H](CCC(=O)O)NC(=O)[C@H](CCC(=O)O)NC(C)=O)C(C)C)C(C)C)C(=O)C(=O)NCC(=O)O. The van der Waals surface area contributed by atoms with E-state index in [0.29, 0.717) is 0 Å². The average molecular weight is 935 g/mol. The van der Waals surface area contributed by atoms with E-state index < -0.39 is 157 Å². The number of rotatable bonds is 26. The molecular formula is C42H59FN8O15. The molecule has 23 nitrogen and oxygen atoms in total. The quantitative estimate of drug-likeness (QED) is 0.0477. The molecule has 0 saturated carbocycles. The van der Waals surface area contributed by atoms with Crippen molar-refractivity contribution in [1.29, 1.82) is 0 Å². The monoisotopic (exact) mass is 934 g/mol. The number of Topliss-reactive ketones (excluding diaryl/α,β-unsaturated/α-hetero) is 1. The van der Waals surface area contributed by atoms with Crippen LogP contribution < -0.4 is 37.2 Å². The molecular weight excluding hydrogens is 876 g/mol. The highest BCUT2D eigenvalue weighted by atomic mass is 19.1. The summed E-state index contributed by atoms with van der Waals surface area (Å²) in [7, 11) is 0. The van der Waals surface area contributed by atoms with Crippen LogP contribution >= 0.6 is 0 Å². The molecule has 0 bridgehead atoms. The number of carboxylic acid groups (broad SMARTS) is 3. The van der Waals surface area contributed by atoms with Crippen LogP contribution in [0.3, 0.4) is 0 Å². The number of halogens is 1. The number of hydrogen-bond donors (Lipinski definition) is 10. The number of amides is 8. The highest BCUT2D eigenvalue weighted by molar-refractivity contribution is 6.38. The lowest BCUT2D eigenvalue weighted by Crippen LogP contribution is -2.61. The van der Waals surface area contributed by atoms with E-state index in [1.54, 1.807) is 20.8 Å². The molecule has 24 heteroatoms. The van der Waals surface area contributed by atoms with Crippen LogP contribution in [0.25, 0.3) is 0 Å². The second-order valence-corrected chi connectivity index (χ2v) is 16.3. The van der Waals surface area contributed by atoms with Gasteiger partial charge in [-0.2, -0.15) is 0 Å². The number of hydrogen-bond acceptors (Lipinski definition) is 12. The maximum absolute atomic E-state index is 14.5. The van der Waals surface area contributed by atoms with Gasteiger partial charge in [-0.25, -0.2) is 4.39 Å². The molecule has 0 aromatic heterocycles. The van der Waals surface area contributed by atoms with Gasteiger partial charge in [-0.1, -0.05) is 41.0 Å². The Morgan fingerprint density at radius 1 is 0.682 bits per heavy atom. The third-order valence-corrected chi connectivity index (χ3v) is 10.3. The lowest BCUT2D eigenvalue weighted by atomic mass is 9.98. The third-order valence-electron chi connectivity index (χ3n) is 10.3. The maximum atomic E-state index is 14.5. The van der Waals surface area contributed by atoms with Crippen LogP contribution in [-0.4, -0.2) is 147 Å². The highest BCUT2D eigenvalue weighted by Gasteiger charge is 2.45. The van der Waals surface area contributed by atoms with E-state index in [1.165, 1.54) is 26.0 Å². The number of aliphatic carboxylic acids is 3. The summed E-state index contributed by atoms with van der Waals surface area (Å²) in [6.45, 7) is 7.71. The van der Waals surface area contributed by atoms with E-state index in [1.807, 2.05) is 5.32 Å². The number of carbonyl (C=O) groups is 12. The Kier molecular flexibility index (Phi) is 21.8. The second-order valence-electron chi connectivity index (χ2n) is 16.3. The van der Waals surface area contributed by atoms with Gasteiger partial charge in [-0.15, -0.1) is 0 Å². The fraction of sp³-hybridized carbons (Fsp3) is 0.571. The number of carboxylic acids is 3. The number of carbonyl (C=O) groups excluding carboxylic acids is 9. The highest BCUT2D eigenvalue weighted by Crippen LogP contribution is 2.23. The van der Waals surface area contributed by atoms with E-state index in [4.69, 9.17) is 10.2 Å². The molecule has 1 aliphatic heterocycles. The lowest BCUT2D eigenvalue weighted by Gasteiger charge is -2.33. The number of nitrogens with one attached hydrogen (secondary N) is 7. The van der Waals surface area contributed by atoms with Crippen molar-refractivity contribution in [3.63, 3.8) is 0 Å². The first-order chi connectivity index (χ1) is 30.9. The predicted molar refractivity (Wildman–Crippen MR) is 227 cm³/mol. The summed E-state index contributed by atoms with van der Waals surface area (Å²) >= 11 is 0. The standard InChI is InChI=1S/C42H59FN8O15/c1-7-8-26(35(59)41(65)44-18-32(57)58)47-39(63)29-17-25(46-36(60)23-9-11-24(43)12-10-23)19-51(29)42(66)34(21(4)5)50-40(64)33(20(2)3)49-38(62)28(14-16-31(55)56)48-37(61)27(45-22(6)52)13-15-30(53)54/h9-12,20-21,25-29,33-34H,7-8,13-19H2,1-6H3,(H,44,65)(H,45,52)(H,46,60)(H,47,63)(H,48,61)(H,49,62)(H,50,64)(H,53,54)(H,55,56)(H,57,58)/t25-,26+,27+,28+,29+,33+,34+/m1/s1. The fourth-order valence-corrected chi connectivity index (χ4v) is 6.84. The summed E-state index contributed by atoms with van der Waals surface area (Å²) in [5.74, 6) is -14.7. The van der Waals surface area contributed by atoms with Gasteiger partial charge in [0.2, 0.25) is 41.2 Å². The van der Waals surface area contributed by atoms with E-state index >= 15 is 0 Å². The average Bonchev–Trinajstić information content (AvgIpc) is 3.66. The van der Waals surface area contributed by atoms with Gasteiger partial charge in [0.15, 0.2) is 0 Å². The molecule has 1 aliphatic rings. The minimum absolute atomic E-state index is 0.0488. The summed E-state index contributed by atoms with van der Waals surface area (Å²) < 4.78 is 13.6. The van der Waals surface area contributed by atoms with Crippen molar-refractivity contribution < 1.29 is 77.2 Å². The van der Waals surface area contributed by atoms with Gasteiger partial charge in [0, 0.05) is 37.9 Å². The number of likely N-dealkylation sites (tertiary alicyclic amines) is 1. The molecule has 66 heavy (non-hydrogen) atoms. The van der Waals surface area contributed by atoms with Crippen LogP contribution in [0.4, 0.5) is 4.39 Å². The normalized spacial score (nSPS) is 16.7. The summed E-state index contributed by atoms with van der Waals surface area (Å²) in [6.07, 6.45) is -2.08. The Hall–Kier alpha value is -7.01. The van der Waals surface area contributed by atoms with Gasteiger partial charge in [0.25, 0.3) is 11.8 Å². The minimum Gasteiger partial charge on any atom is -0.481 e. The molecule has 1 aromatic carbocycles. The summed E-state index contributed by atoms with van der Waals surface area (Å²) in [4.78, 5) is 155. The Labute approximate surface area is 379 Å². The van der Waals surface area contributed by atoms with Crippen molar-refractivity contribution in [2.75, 3.05) is 13.1 Å². The molecule has 0 unspecified atom stereocenters. The van der Waals surface area contributed by atoms with Gasteiger partial charge in [-0.3, -0.25) is 57.5 Å². The molecule has 1 heterocycles. The van der Waals surface area contributed by atoms with Crippen LogP contribution in [0.5, 0.6) is 0 Å². The molecule has 7 atom stereocenters. The number of nitrogens with zero attached hydrogens (tertiary/aromatic N) is 1. The van der Waals surface area contributed by atoms with E-state index in [-0.39, 0.29) is 37.8 Å². The molecule has 8 amide bonds. The Morgan fingerprint density at radius 3 is 1.71 bits per heavy atom. The van der Waals surface area contributed by atoms with Gasteiger partial charge in [0.05, 0.1) is 6.04 Å². The Balaban J connectivity index is 2.46. The molecule has 2 rings (SSSR count). The number of benzene rings is 1. The van der Waals surface area contributed by atoms with Crippen molar-refractivity contribution in [2.45, 2.75) is 129 Å². The van der Waals surface area contributed by atoms with Crippen molar-refractivity contribution in [3.8, 4) is 0 Å². The van der Waals surface area contributed by atoms with E-state index in [2.05, 4.69) is 31.9 Å². The van der Waals surface area contributed by atoms with Crippen LogP contribution in [0.2, 0.25) is 0 Å². The smallest absolute Gasteiger partial charge is 0.322 e. The molecule has 364 valence electrons. The zero-order chi connectivity index (χ0) is 50.0.